The molecule has 0 aliphatic rings. The van der Waals surface area contributed by atoms with E-state index in [-0.39, 0.29) is 13.2 Å². The highest BCUT2D eigenvalue weighted by molar-refractivity contribution is 6.76. The smallest absolute Gasteiger partial charge is 0.288 e. The summed E-state index contributed by atoms with van der Waals surface area (Å²) in [6.45, 7) is 7.00. The van der Waals surface area contributed by atoms with E-state index in [1.54, 1.807) is 0 Å². The van der Waals surface area contributed by atoms with Crippen molar-refractivity contribution < 1.29 is 9.84 Å². The number of amidine groups is 1. The van der Waals surface area contributed by atoms with E-state index >= 15 is 0 Å². The average Bonchev–Trinajstić information content (AvgIpc) is 2.33. The maximum atomic E-state index is 8.81. The van der Waals surface area contributed by atoms with Gasteiger partial charge in [0.25, 0.3) is 6.02 Å². The molecule has 0 aliphatic heterocycles. The second-order valence-electron chi connectivity index (χ2n) is 5.25. The van der Waals surface area contributed by atoms with Crippen LogP contribution in [0.2, 0.25) is 19.6 Å². The number of benzene rings is 1. The van der Waals surface area contributed by atoms with Crippen LogP contribution >= 0.6 is 0 Å². The molecule has 18 heavy (non-hydrogen) atoms. The van der Waals surface area contributed by atoms with Crippen molar-refractivity contribution in [2.75, 3.05) is 24.7 Å². The third-order valence-corrected chi connectivity index (χ3v) is 3.16. The maximum absolute atomic E-state index is 8.81. The molecule has 5 heteroatoms. The summed E-state index contributed by atoms with van der Waals surface area (Å²) in [5.41, 5.74) is 0.935. The van der Waals surface area contributed by atoms with E-state index in [9.17, 15) is 0 Å². The number of hydrogen-bond acceptors (Lipinski definition) is 3. The molecule has 0 spiro atoms. The Balaban J connectivity index is 2.66. The molecule has 0 aliphatic carbocycles. The van der Waals surface area contributed by atoms with Crippen molar-refractivity contribution >= 4 is 19.8 Å². The van der Waals surface area contributed by atoms with Crippen molar-refractivity contribution in [3.05, 3.63) is 30.3 Å². The fraction of sp³-hybridized carbons (Fsp3) is 0.462. The van der Waals surface area contributed by atoms with Gasteiger partial charge in [0.1, 0.15) is 6.61 Å². The summed E-state index contributed by atoms with van der Waals surface area (Å²) in [4.78, 5) is 4.46. The number of para-hydroxylation sites is 1. The van der Waals surface area contributed by atoms with Crippen LogP contribution in [0.3, 0.4) is 0 Å². The Hall–Kier alpha value is -1.33. The van der Waals surface area contributed by atoms with E-state index in [0.717, 1.165) is 11.9 Å². The second-order valence-corrected chi connectivity index (χ2v) is 10.7. The van der Waals surface area contributed by atoms with Crippen molar-refractivity contribution in [3.8, 4) is 0 Å². The first kappa shape index (κ1) is 14.7. The molecule has 0 unspecified atom stereocenters. The number of rotatable bonds is 5. The highest BCUT2D eigenvalue weighted by Crippen LogP contribution is 2.07. The Morgan fingerprint density at radius 2 is 1.94 bits per heavy atom. The molecule has 0 radical (unpaired) electrons. The average molecular weight is 266 g/mol. The van der Waals surface area contributed by atoms with E-state index in [0.29, 0.717) is 6.02 Å². The summed E-state index contributed by atoms with van der Waals surface area (Å²) in [6, 6.07) is 10.2. The van der Waals surface area contributed by atoms with Gasteiger partial charge < -0.3 is 15.2 Å². The lowest BCUT2D eigenvalue weighted by molar-refractivity contribution is 0.193. The predicted octanol–water partition coefficient (Wildman–Crippen LogP) is 2.34. The monoisotopic (exact) mass is 266 g/mol. The molecule has 0 heterocycles. The zero-order valence-electron chi connectivity index (χ0n) is 11.3. The number of anilines is 1. The SMILES string of the molecule is C[Si](C)(C)C/N=C(/Nc1ccccc1)OCCO. The molecule has 2 N–H and O–H groups in total. The van der Waals surface area contributed by atoms with Crippen LogP contribution in [0.25, 0.3) is 0 Å². The van der Waals surface area contributed by atoms with E-state index in [1.165, 1.54) is 0 Å². The van der Waals surface area contributed by atoms with Crippen LogP contribution in [0.5, 0.6) is 0 Å². The molecule has 100 valence electrons. The lowest BCUT2D eigenvalue weighted by atomic mass is 10.3. The number of aliphatic hydroxyl groups excluding tert-OH is 1. The Kier molecular flexibility index (Phi) is 5.87. The minimum Gasteiger partial charge on any atom is -0.463 e. The molecule has 0 aromatic heterocycles. The van der Waals surface area contributed by atoms with Crippen LogP contribution in [0, 0.1) is 0 Å². The Morgan fingerprint density at radius 3 is 2.50 bits per heavy atom. The number of aliphatic imine (C=N–C) groups is 1. The van der Waals surface area contributed by atoms with Crippen molar-refractivity contribution in [2.24, 2.45) is 4.99 Å². The molecule has 1 aromatic carbocycles. The highest BCUT2D eigenvalue weighted by atomic mass is 28.3. The van der Waals surface area contributed by atoms with Crippen LogP contribution in [-0.2, 0) is 4.74 Å². The van der Waals surface area contributed by atoms with Crippen LogP contribution < -0.4 is 5.32 Å². The van der Waals surface area contributed by atoms with Gasteiger partial charge in [-0.3, -0.25) is 0 Å². The summed E-state index contributed by atoms with van der Waals surface area (Å²) in [5, 5.41) is 11.9. The van der Waals surface area contributed by atoms with Gasteiger partial charge in [-0.25, -0.2) is 4.99 Å². The summed E-state index contributed by atoms with van der Waals surface area (Å²) >= 11 is 0. The number of nitrogens with zero attached hydrogens (tertiary/aromatic N) is 1. The molecule has 0 fully saturated rings. The quantitative estimate of drug-likeness (QED) is 0.488. The van der Waals surface area contributed by atoms with Crippen LogP contribution in [0.15, 0.2) is 35.3 Å². The zero-order chi connectivity index (χ0) is 13.4. The van der Waals surface area contributed by atoms with Crippen LogP contribution in [-0.4, -0.2) is 38.6 Å². The summed E-state index contributed by atoms with van der Waals surface area (Å²) in [5.74, 6) is 0. The predicted molar refractivity (Wildman–Crippen MR) is 78.8 cm³/mol. The normalized spacial score (nSPS) is 12.3. The molecule has 0 amide bonds. The number of hydrogen-bond donors (Lipinski definition) is 2. The number of aliphatic hydroxyl groups is 1. The number of ether oxygens (including phenoxy) is 1. The first-order valence-corrected chi connectivity index (χ1v) is 9.82. The molecule has 4 nitrogen and oxygen atoms in total. The Morgan fingerprint density at radius 1 is 1.28 bits per heavy atom. The lowest BCUT2D eigenvalue weighted by Crippen LogP contribution is -2.28. The van der Waals surface area contributed by atoms with E-state index < -0.39 is 8.07 Å². The van der Waals surface area contributed by atoms with Gasteiger partial charge in [-0.15, -0.1) is 0 Å². The molecular formula is C13H22N2O2Si. The van der Waals surface area contributed by atoms with Crippen molar-refractivity contribution in [1.82, 2.24) is 0 Å². The zero-order valence-corrected chi connectivity index (χ0v) is 12.3. The van der Waals surface area contributed by atoms with E-state index in [2.05, 4.69) is 30.0 Å². The summed E-state index contributed by atoms with van der Waals surface area (Å²) < 4.78 is 5.40. The van der Waals surface area contributed by atoms with Crippen LogP contribution in [0.4, 0.5) is 5.69 Å². The lowest BCUT2D eigenvalue weighted by Gasteiger charge is -2.15. The Bertz CT molecular complexity index is 374. The first-order valence-electron chi connectivity index (χ1n) is 6.11. The fourth-order valence-corrected chi connectivity index (χ4v) is 1.84. The summed E-state index contributed by atoms with van der Waals surface area (Å²) in [7, 11) is -1.25. The minimum atomic E-state index is -1.25. The van der Waals surface area contributed by atoms with Crippen molar-refractivity contribution in [3.63, 3.8) is 0 Å². The maximum Gasteiger partial charge on any atom is 0.288 e. The highest BCUT2D eigenvalue weighted by Gasteiger charge is 2.13. The molecule has 1 rings (SSSR count). The molecule has 0 saturated carbocycles. The fourth-order valence-electron chi connectivity index (χ4n) is 1.22. The van der Waals surface area contributed by atoms with Gasteiger partial charge in [-0.1, -0.05) is 37.8 Å². The molecule has 1 aromatic rings. The van der Waals surface area contributed by atoms with Gasteiger partial charge in [0, 0.05) is 11.9 Å². The van der Waals surface area contributed by atoms with E-state index in [1.807, 2.05) is 30.3 Å². The third-order valence-electron chi connectivity index (χ3n) is 2.05. The van der Waals surface area contributed by atoms with E-state index in [4.69, 9.17) is 9.84 Å². The Labute approximate surface area is 110 Å². The van der Waals surface area contributed by atoms with Gasteiger partial charge in [0.2, 0.25) is 0 Å². The van der Waals surface area contributed by atoms with Crippen LogP contribution in [0.1, 0.15) is 0 Å². The van der Waals surface area contributed by atoms with Gasteiger partial charge in [-0.05, 0) is 12.1 Å². The van der Waals surface area contributed by atoms with Crippen molar-refractivity contribution in [2.45, 2.75) is 19.6 Å². The first-order chi connectivity index (χ1) is 8.51. The standard InChI is InChI=1S/C13H22N2O2Si/c1-18(2,3)11-14-13(17-10-9-16)15-12-7-5-4-6-8-12/h4-8,16H,9-11H2,1-3H3,(H,14,15). The van der Waals surface area contributed by atoms with Gasteiger partial charge in [0.15, 0.2) is 0 Å². The topological polar surface area (TPSA) is 53.9 Å². The number of nitrogens with one attached hydrogen (secondary N) is 1. The van der Waals surface area contributed by atoms with Gasteiger partial charge in [-0.2, -0.15) is 0 Å². The summed E-state index contributed by atoms with van der Waals surface area (Å²) in [6.07, 6.45) is 0.799. The van der Waals surface area contributed by atoms with Gasteiger partial charge >= 0.3 is 0 Å². The van der Waals surface area contributed by atoms with Gasteiger partial charge in [0.05, 0.1) is 14.7 Å². The molecular weight excluding hydrogens is 244 g/mol. The minimum absolute atomic E-state index is 0.0115. The third kappa shape index (κ3) is 6.41. The largest absolute Gasteiger partial charge is 0.463 e. The van der Waals surface area contributed by atoms with Crippen molar-refractivity contribution in [1.29, 1.82) is 0 Å². The molecule has 0 saturated heterocycles. The molecule has 0 bridgehead atoms. The molecule has 0 atom stereocenters. The second kappa shape index (κ2) is 7.18.